The Morgan fingerprint density at radius 1 is 1.02 bits per heavy atom. The van der Waals surface area contributed by atoms with Crippen molar-refractivity contribution in [2.45, 2.75) is 57.7 Å². The third-order valence-electron chi connectivity index (χ3n) is 7.20. The average Bonchev–Trinajstić information content (AvgIpc) is 3.51. The van der Waals surface area contributed by atoms with Crippen molar-refractivity contribution in [3.05, 3.63) is 89.5 Å². The molecule has 208 valence electrons. The lowest BCUT2D eigenvalue weighted by Crippen LogP contribution is -2.41. The molecule has 0 radical (unpaired) electrons. The van der Waals surface area contributed by atoms with Crippen LogP contribution in [-0.2, 0) is 17.9 Å². The van der Waals surface area contributed by atoms with Crippen LogP contribution in [0.2, 0.25) is 5.02 Å². The Balaban J connectivity index is 1.36. The number of nitrogen functional groups attached to an aromatic ring is 1. The zero-order chi connectivity index (χ0) is 27.7. The molecule has 1 fully saturated rings. The molecule has 0 unspecified atom stereocenters. The number of carbonyl (C=O) groups is 1. The standard InChI is InChI=1S/C30H35ClN8O/c31-24-8-4-7-23(15-24)19-35-30-37-27(17-28(38-30)39-14-13-33-20-39)36-26(16-21-5-2-1-3-6-21)29(40)34-18-22-9-11-25(32)12-10-22/h4,7-15,17,20-21,26H,1-3,5-6,16,18-19,32H2,(H,34,40)(H2,35,36,37,38)/t26-/m1/s1. The van der Waals surface area contributed by atoms with E-state index in [-0.39, 0.29) is 5.91 Å². The fraction of sp³-hybridized carbons (Fsp3) is 0.333. The number of anilines is 3. The van der Waals surface area contributed by atoms with Gasteiger partial charge in [-0.2, -0.15) is 9.97 Å². The molecule has 4 aromatic rings. The number of hydrogen-bond acceptors (Lipinski definition) is 7. The molecule has 10 heteroatoms. The number of hydrogen-bond donors (Lipinski definition) is 4. The van der Waals surface area contributed by atoms with Crippen LogP contribution in [0.1, 0.15) is 49.7 Å². The number of nitrogens with two attached hydrogens (primary N) is 1. The van der Waals surface area contributed by atoms with Crippen molar-refractivity contribution in [2.75, 3.05) is 16.4 Å². The molecule has 5 N–H and O–H groups in total. The summed E-state index contributed by atoms with van der Waals surface area (Å²) in [5.41, 5.74) is 8.52. The number of nitrogens with zero attached hydrogens (tertiary/aromatic N) is 4. The number of aromatic nitrogens is 4. The van der Waals surface area contributed by atoms with Gasteiger partial charge in [0.25, 0.3) is 0 Å². The van der Waals surface area contributed by atoms with Crippen molar-refractivity contribution in [3.8, 4) is 5.82 Å². The SMILES string of the molecule is Nc1ccc(CNC(=O)[C@@H](CC2CCCCC2)Nc2cc(-n3ccnc3)nc(NCc3cccc(Cl)c3)n2)cc1. The van der Waals surface area contributed by atoms with Crippen molar-refractivity contribution < 1.29 is 4.79 Å². The van der Waals surface area contributed by atoms with Crippen LogP contribution in [0, 0.1) is 5.92 Å². The van der Waals surface area contributed by atoms with Crippen LogP contribution in [0.3, 0.4) is 0 Å². The van der Waals surface area contributed by atoms with Gasteiger partial charge in [0, 0.05) is 42.3 Å². The Kier molecular flexibility index (Phi) is 9.13. The molecular weight excluding hydrogens is 524 g/mol. The van der Waals surface area contributed by atoms with Crippen LogP contribution in [0.4, 0.5) is 17.5 Å². The van der Waals surface area contributed by atoms with E-state index in [1.807, 2.05) is 65.4 Å². The van der Waals surface area contributed by atoms with Gasteiger partial charge in [0.15, 0.2) is 0 Å². The highest BCUT2D eigenvalue weighted by atomic mass is 35.5. The highest BCUT2D eigenvalue weighted by Crippen LogP contribution is 2.28. The summed E-state index contributed by atoms with van der Waals surface area (Å²) in [5.74, 6) is 2.08. The molecule has 1 atom stereocenters. The minimum absolute atomic E-state index is 0.0568. The van der Waals surface area contributed by atoms with Gasteiger partial charge >= 0.3 is 0 Å². The quantitative estimate of drug-likeness (QED) is 0.177. The molecule has 0 saturated heterocycles. The first-order valence-corrected chi connectivity index (χ1v) is 14.1. The van der Waals surface area contributed by atoms with E-state index < -0.39 is 6.04 Å². The monoisotopic (exact) mass is 558 g/mol. The van der Waals surface area contributed by atoms with Crippen LogP contribution in [0.5, 0.6) is 0 Å². The van der Waals surface area contributed by atoms with Gasteiger partial charge in [-0.25, -0.2) is 4.98 Å². The molecule has 2 aromatic heterocycles. The molecule has 40 heavy (non-hydrogen) atoms. The second-order valence-corrected chi connectivity index (χ2v) is 10.7. The zero-order valence-corrected chi connectivity index (χ0v) is 23.1. The van der Waals surface area contributed by atoms with Gasteiger partial charge in [-0.15, -0.1) is 0 Å². The lowest BCUT2D eigenvalue weighted by atomic mass is 9.84. The van der Waals surface area contributed by atoms with Gasteiger partial charge in [0.2, 0.25) is 11.9 Å². The first-order chi connectivity index (χ1) is 19.5. The molecule has 0 spiro atoms. The highest BCUT2D eigenvalue weighted by molar-refractivity contribution is 6.30. The van der Waals surface area contributed by atoms with Gasteiger partial charge in [0.1, 0.15) is 24.0 Å². The lowest BCUT2D eigenvalue weighted by Gasteiger charge is -2.27. The largest absolute Gasteiger partial charge is 0.399 e. The van der Waals surface area contributed by atoms with Crippen molar-refractivity contribution >= 4 is 35.0 Å². The van der Waals surface area contributed by atoms with Crippen molar-refractivity contribution in [2.24, 2.45) is 5.92 Å². The van der Waals surface area contributed by atoms with Crippen LogP contribution in [0.25, 0.3) is 5.82 Å². The van der Waals surface area contributed by atoms with E-state index in [1.165, 1.54) is 19.3 Å². The van der Waals surface area contributed by atoms with E-state index in [4.69, 9.17) is 22.3 Å². The predicted octanol–water partition coefficient (Wildman–Crippen LogP) is 5.58. The molecule has 2 aromatic carbocycles. The van der Waals surface area contributed by atoms with Crippen molar-refractivity contribution in [1.82, 2.24) is 24.8 Å². The van der Waals surface area contributed by atoms with Gasteiger partial charge < -0.3 is 21.7 Å². The number of halogens is 1. The average molecular weight is 559 g/mol. The maximum absolute atomic E-state index is 13.5. The number of imidazole rings is 1. The number of carbonyl (C=O) groups excluding carboxylic acids is 1. The first kappa shape index (κ1) is 27.5. The fourth-order valence-electron chi connectivity index (χ4n) is 5.06. The maximum Gasteiger partial charge on any atom is 0.242 e. The Morgan fingerprint density at radius 3 is 2.60 bits per heavy atom. The van der Waals surface area contributed by atoms with Crippen molar-refractivity contribution in [3.63, 3.8) is 0 Å². The topological polar surface area (TPSA) is 123 Å². The molecule has 9 nitrogen and oxygen atoms in total. The Labute approximate surface area is 239 Å². The van der Waals surface area contributed by atoms with Gasteiger partial charge in [-0.05, 0) is 47.7 Å². The van der Waals surface area contributed by atoms with E-state index >= 15 is 0 Å². The van der Waals surface area contributed by atoms with Gasteiger partial charge in [-0.3, -0.25) is 9.36 Å². The van der Waals surface area contributed by atoms with Crippen LogP contribution in [0.15, 0.2) is 73.3 Å². The smallest absolute Gasteiger partial charge is 0.242 e. The molecule has 0 aliphatic heterocycles. The molecule has 0 bridgehead atoms. The molecule has 5 rings (SSSR count). The van der Waals surface area contributed by atoms with E-state index in [9.17, 15) is 4.79 Å². The molecule has 1 amide bonds. The number of benzene rings is 2. The van der Waals surface area contributed by atoms with E-state index in [0.717, 1.165) is 30.4 Å². The minimum Gasteiger partial charge on any atom is -0.399 e. The third-order valence-corrected chi connectivity index (χ3v) is 7.44. The summed E-state index contributed by atoms with van der Waals surface area (Å²) in [5, 5.41) is 10.5. The van der Waals surface area contributed by atoms with E-state index in [2.05, 4.69) is 25.9 Å². The van der Waals surface area contributed by atoms with Crippen LogP contribution in [-0.4, -0.2) is 31.5 Å². The second kappa shape index (κ2) is 13.3. The summed E-state index contributed by atoms with van der Waals surface area (Å²) in [4.78, 5) is 27.1. The Hall–Kier alpha value is -4.11. The van der Waals surface area contributed by atoms with Crippen LogP contribution >= 0.6 is 11.6 Å². The molecule has 2 heterocycles. The van der Waals surface area contributed by atoms with Crippen LogP contribution < -0.4 is 21.7 Å². The van der Waals surface area contributed by atoms with E-state index in [1.54, 1.807) is 12.5 Å². The summed E-state index contributed by atoms with van der Waals surface area (Å²) in [7, 11) is 0. The normalized spacial score (nSPS) is 14.4. The van der Waals surface area contributed by atoms with Crippen molar-refractivity contribution in [1.29, 1.82) is 0 Å². The lowest BCUT2D eigenvalue weighted by molar-refractivity contribution is -0.122. The summed E-state index contributed by atoms with van der Waals surface area (Å²) < 4.78 is 1.81. The Bertz CT molecular complexity index is 1390. The number of nitrogens with one attached hydrogen (secondary N) is 3. The zero-order valence-electron chi connectivity index (χ0n) is 22.4. The number of rotatable bonds is 11. The highest BCUT2D eigenvalue weighted by Gasteiger charge is 2.25. The first-order valence-electron chi connectivity index (χ1n) is 13.8. The minimum atomic E-state index is -0.441. The summed E-state index contributed by atoms with van der Waals surface area (Å²) in [6, 6.07) is 16.6. The fourth-order valence-corrected chi connectivity index (χ4v) is 5.27. The second-order valence-electron chi connectivity index (χ2n) is 10.3. The summed E-state index contributed by atoms with van der Waals surface area (Å²) in [6.07, 6.45) is 11.9. The molecule has 1 aliphatic carbocycles. The Morgan fingerprint density at radius 2 is 1.85 bits per heavy atom. The molecule has 1 saturated carbocycles. The number of amides is 1. The van der Waals surface area contributed by atoms with Gasteiger partial charge in [0.05, 0.1) is 0 Å². The maximum atomic E-state index is 13.5. The summed E-state index contributed by atoms with van der Waals surface area (Å²) in [6.45, 7) is 0.930. The van der Waals surface area contributed by atoms with E-state index in [0.29, 0.717) is 47.3 Å². The molecule has 1 aliphatic rings. The predicted molar refractivity (Wildman–Crippen MR) is 159 cm³/mol. The van der Waals surface area contributed by atoms with Gasteiger partial charge in [-0.1, -0.05) is 68.0 Å². The molecular formula is C30H35ClN8O. The third kappa shape index (κ3) is 7.72. The summed E-state index contributed by atoms with van der Waals surface area (Å²) >= 11 is 6.16.